The summed E-state index contributed by atoms with van der Waals surface area (Å²) in [7, 11) is 0. The minimum atomic E-state index is 0.910. The Kier molecular flexibility index (Phi) is 2.12. The largest absolute Gasteiger partial charge is 0.302 e. The fraction of sp³-hybridized carbons (Fsp3) is 1.00. The maximum Gasteiger partial charge on any atom is 0.00128 e. The fourth-order valence-corrected chi connectivity index (χ4v) is 4.44. The van der Waals surface area contributed by atoms with Crippen molar-refractivity contribution in [2.75, 3.05) is 19.6 Å². The molecule has 80 valence electrons. The molecule has 1 heteroatoms. The van der Waals surface area contributed by atoms with Gasteiger partial charge in [0.1, 0.15) is 0 Å². The van der Waals surface area contributed by atoms with Crippen molar-refractivity contribution < 1.29 is 0 Å². The molecule has 0 aromatic carbocycles. The lowest BCUT2D eigenvalue weighted by atomic mass is 9.60. The second-order valence-corrected chi connectivity index (χ2v) is 6.37. The highest BCUT2D eigenvalue weighted by Crippen LogP contribution is 2.48. The van der Waals surface area contributed by atoms with Gasteiger partial charge in [0.05, 0.1) is 0 Å². The lowest BCUT2D eigenvalue weighted by Crippen LogP contribution is -2.57. The molecule has 3 heterocycles. The quantitative estimate of drug-likeness (QED) is 0.651. The molecule has 4 bridgehead atoms. The van der Waals surface area contributed by atoms with Crippen molar-refractivity contribution in [3.63, 3.8) is 0 Å². The van der Waals surface area contributed by atoms with Gasteiger partial charge >= 0.3 is 0 Å². The van der Waals surface area contributed by atoms with E-state index in [1.54, 1.807) is 12.8 Å². The number of hydrogen-bond acceptors (Lipinski definition) is 1. The van der Waals surface area contributed by atoms with Crippen LogP contribution in [0.3, 0.4) is 0 Å². The molecule has 0 spiro atoms. The van der Waals surface area contributed by atoms with Gasteiger partial charge < -0.3 is 4.90 Å². The maximum absolute atomic E-state index is 2.74. The summed E-state index contributed by atoms with van der Waals surface area (Å²) in [5.41, 5.74) is 0. The van der Waals surface area contributed by atoms with Crippen molar-refractivity contribution in [1.82, 2.24) is 4.90 Å². The molecule has 2 unspecified atom stereocenters. The van der Waals surface area contributed by atoms with Crippen LogP contribution in [0.4, 0.5) is 0 Å². The molecule has 4 aliphatic rings. The summed E-state index contributed by atoms with van der Waals surface area (Å²) in [5.74, 6) is 5.22. The van der Waals surface area contributed by atoms with Crippen LogP contribution in [0.15, 0.2) is 0 Å². The molecule has 14 heavy (non-hydrogen) atoms. The van der Waals surface area contributed by atoms with Crippen molar-refractivity contribution in [3.05, 3.63) is 0 Å². The van der Waals surface area contributed by atoms with Crippen LogP contribution in [0.2, 0.25) is 0 Å². The molecule has 0 amide bonds. The second-order valence-electron chi connectivity index (χ2n) is 6.37. The smallest absolute Gasteiger partial charge is 0.00128 e. The fourth-order valence-electron chi connectivity index (χ4n) is 4.44. The van der Waals surface area contributed by atoms with E-state index in [9.17, 15) is 0 Å². The summed E-state index contributed by atoms with van der Waals surface area (Å²) >= 11 is 0. The molecule has 1 nitrogen and oxygen atoms in total. The van der Waals surface area contributed by atoms with Gasteiger partial charge in [0.25, 0.3) is 0 Å². The van der Waals surface area contributed by atoms with E-state index in [0.29, 0.717) is 0 Å². The Labute approximate surface area is 87.9 Å². The molecule has 0 aromatic rings. The third-order valence-corrected chi connectivity index (χ3v) is 4.73. The summed E-state index contributed by atoms with van der Waals surface area (Å²) in [6.07, 6.45) is 4.62. The summed E-state index contributed by atoms with van der Waals surface area (Å²) in [6.45, 7) is 9.09. The van der Waals surface area contributed by atoms with E-state index in [-0.39, 0.29) is 0 Å². The van der Waals surface area contributed by atoms with Crippen molar-refractivity contribution in [2.24, 2.45) is 29.6 Å². The Morgan fingerprint density at radius 2 is 1.71 bits per heavy atom. The Bertz CT molecular complexity index is 193. The average Bonchev–Trinajstić information content (AvgIpc) is 2.09. The van der Waals surface area contributed by atoms with Gasteiger partial charge in [-0.3, -0.25) is 0 Å². The Morgan fingerprint density at radius 3 is 2.21 bits per heavy atom. The van der Waals surface area contributed by atoms with Crippen molar-refractivity contribution in [1.29, 1.82) is 0 Å². The van der Waals surface area contributed by atoms with E-state index in [1.807, 2.05) is 0 Å². The van der Waals surface area contributed by atoms with E-state index < -0.39 is 0 Å². The molecule has 0 N–H and O–H groups in total. The summed E-state index contributed by atoms with van der Waals surface area (Å²) in [6, 6.07) is 0. The molecule has 1 aliphatic carbocycles. The zero-order valence-electron chi connectivity index (χ0n) is 9.58. The third-order valence-electron chi connectivity index (χ3n) is 4.73. The van der Waals surface area contributed by atoms with Crippen LogP contribution in [0.1, 0.15) is 33.1 Å². The number of hydrogen-bond donors (Lipinski definition) is 0. The first-order chi connectivity index (χ1) is 6.72. The highest BCUT2D eigenvalue weighted by Gasteiger charge is 2.46. The molecule has 0 aromatic heterocycles. The molecule has 3 aliphatic heterocycles. The van der Waals surface area contributed by atoms with Gasteiger partial charge in [-0.25, -0.2) is 0 Å². The van der Waals surface area contributed by atoms with Crippen LogP contribution >= 0.6 is 0 Å². The summed E-state index contributed by atoms with van der Waals surface area (Å²) in [5, 5.41) is 0. The van der Waals surface area contributed by atoms with Gasteiger partial charge in [-0.2, -0.15) is 0 Å². The van der Waals surface area contributed by atoms with Crippen LogP contribution in [0.25, 0.3) is 0 Å². The molecular formula is C13H23N. The van der Waals surface area contributed by atoms with E-state index in [2.05, 4.69) is 18.7 Å². The highest BCUT2D eigenvalue weighted by molar-refractivity contribution is 4.98. The van der Waals surface area contributed by atoms with Crippen LogP contribution in [-0.4, -0.2) is 24.5 Å². The van der Waals surface area contributed by atoms with E-state index in [1.165, 1.54) is 26.1 Å². The van der Waals surface area contributed by atoms with Gasteiger partial charge in [0.15, 0.2) is 0 Å². The predicted molar refractivity (Wildman–Crippen MR) is 59.1 cm³/mol. The first-order valence-corrected chi connectivity index (χ1v) is 6.44. The van der Waals surface area contributed by atoms with Crippen molar-refractivity contribution >= 4 is 0 Å². The van der Waals surface area contributed by atoms with Crippen LogP contribution in [0, 0.1) is 29.6 Å². The zero-order chi connectivity index (χ0) is 9.71. The molecular weight excluding hydrogens is 170 g/mol. The second kappa shape index (κ2) is 3.23. The van der Waals surface area contributed by atoms with Gasteiger partial charge in [-0.1, -0.05) is 13.8 Å². The highest BCUT2D eigenvalue weighted by atomic mass is 15.2. The first-order valence-electron chi connectivity index (χ1n) is 6.44. The Hall–Kier alpha value is -0.0400. The topological polar surface area (TPSA) is 3.24 Å². The standard InChI is InChI=1S/C13H23N/c1-9(2)3-13-11-4-10-5-12(13)8-14(6-10)7-11/h9-13H,3-8H2,1-2H3. The van der Waals surface area contributed by atoms with Crippen molar-refractivity contribution in [2.45, 2.75) is 33.1 Å². The van der Waals surface area contributed by atoms with Gasteiger partial charge in [0, 0.05) is 19.6 Å². The van der Waals surface area contributed by atoms with Crippen LogP contribution in [0.5, 0.6) is 0 Å². The molecule has 3 saturated heterocycles. The monoisotopic (exact) mass is 193 g/mol. The average molecular weight is 193 g/mol. The predicted octanol–water partition coefficient (Wildman–Crippen LogP) is 2.62. The molecule has 1 saturated carbocycles. The number of nitrogens with zero attached hydrogens (tertiary/aromatic N) is 1. The SMILES string of the molecule is CC(C)CC1C2CC3CC1CN(C3)C2. The first kappa shape index (κ1) is 9.21. The number of piperidine rings is 3. The van der Waals surface area contributed by atoms with E-state index in [4.69, 9.17) is 0 Å². The van der Waals surface area contributed by atoms with Gasteiger partial charge in [-0.05, 0) is 48.9 Å². The summed E-state index contributed by atoms with van der Waals surface area (Å²) < 4.78 is 0. The van der Waals surface area contributed by atoms with Crippen molar-refractivity contribution in [3.8, 4) is 0 Å². The Morgan fingerprint density at radius 1 is 1.07 bits per heavy atom. The van der Waals surface area contributed by atoms with Gasteiger partial charge in [-0.15, -0.1) is 0 Å². The van der Waals surface area contributed by atoms with Crippen LogP contribution < -0.4 is 0 Å². The third kappa shape index (κ3) is 1.41. The van der Waals surface area contributed by atoms with E-state index in [0.717, 1.165) is 29.6 Å². The summed E-state index contributed by atoms with van der Waals surface area (Å²) in [4.78, 5) is 2.74. The van der Waals surface area contributed by atoms with Gasteiger partial charge in [0.2, 0.25) is 0 Å². The zero-order valence-corrected chi connectivity index (χ0v) is 9.58. The molecule has 4 rings (SSSR count). The lowest BCUT2D eigenvalue weighted by molar-refractivity contribution is -0.0702. The van der Waals surface area contributed by atoms with E-state index >= 15 is 0 Å². The lowest BCUT2D eigenvalue weighted by Gasteiger charge is -2.56. The molecule has 2 atom stereocenters. The molecule has 4 fully saturated rings. The minimum absolute atomic E-state index is 0.910. The normalized spacial score (nSPS) is 50.4. The van der Waals surface area contributed by atoms with Crippen LogP contribution in [-0.2, 0) is 0 Å². The minimum Gasteiger partial charge on any atom is -0.302 e. The Balaban J connectivity index is 1.74. The number of rotatable bonds is 2. The molecule has 0 radical (unpaired) electrons. The maximum atomic E-state index is 2.74.